The van der Waals surface area contributed by atoms with Gasteiger partial charge in [0.05, 0.1) is 34.4 Å². The molecule has 0 saturated heterocycles. The Morgan fingerprint density at radius 2 is 1.15 bits per heavy atom. The highest BCUT2D eigenvalue weighted by molar-refractivity contribution is 7.47. The predicted molar refractivity (Wildman–Crippen MR) is 197 cm³/mol. The molecule has 0 spiro atoms. The zero-order valence-corrected chi connectivity index (χ0v) is 32.2. The number of unbranched alkanes of at least 4 members (excludes halogenated alkanes) is 17. The number of carbonyl (C=O) groups is 1. The van der Waals surface area contributed by atoms with Crippen molar-refractivity contribution in [1.29, 1.82) is 0 Å². The number of allylic oxidation sites excluding steroid dienone is 4. The average molecular weight is 689 g/mol. The van der Waals surface area contributed by atoms with Gasteiger partial charge in [-0.15, -0.1) is 0 Å². The van der Waals surface area contributed by atoms with Crippen LogP contribution in [0.15, 0.2) is 24.3 Å². The van der Waals surface area contributed by atoms with E-state index < -0.39 is 13.9 Å². The van der Waals surface area contributed by atoms with E-state index in [0.717, 1.165) is 44.9 Å². The molecule has 0 aliphatic rings. The average Bonchev–Trinajstić information content (AvgIpc) is 3.01. The van der Waals surface area contributed by atoms with Crippen molar-refractivity contribution in [2.45, 2.75) is 161 Å². The molecule has 0 heterocycles. The molecule has 0 rings (SSSR count). The van der Waals surface area contributed by atoms with E-state index in [0.29, 0.717) is 24.1 Å². The van der Waals surface area contributed by atoms with E-state index in [1.54, 1.807) is 0 Å². The van der Waals surface area contributed by atoms with Gasteiger partial charge in [-0.3, -0.25) is 13.8 Å². The highest BCUT2D eigenvalue weighted by atomic mass is 31.2. The lowest BCUT2D eigenvalue weighted by molar-refractivity contribution is -0.870. The topological polar surface area (TPSA) is 91.3 Å². The Labute approximate surface area is 290 Å². The minimum Gasteiger partial charge on any atom is -0.457 e. The van der Waals surface area contributed by atoms with Crippen molar-refractivity contribution in [2.75, 3.05) is 54.1 Å². The highest BCUT2D eigenvalue weighted by Gasteiger charge is 2.26. The summed E-state index contributed by atoms with van der Waals surface area (Å²) in [6, 6.07) is 0. The molecule has 0 saturated carbocycles. The van der Waals surface area contributed by atoms with Gasteiger partial charge in [-0.05, 0) is 57.8 Å². The third-order valence-electron chi connectivity index (χ3n) is 7.97. The maximum Gasteiger partial charge on any atom is 0.472 e. The van der Waals surface area contributed by atoms with Crippen LogP contribution in [0.3, 0.4) is 0 Å². The molecule has 2 atom stereocenters. The van der Waals surface area contributed by atoms with Crippen molar-refractivity contribution in [3.63, 3.8) is 0 Å². The van der Waals surface area contributed by atoms with Crippen LogP contribution in [0, 0.1) is 0 Å². The summed E-state index contributed by atoms with van der Waals surface area (Å²) < 4.78 is 34.8. The van der Waals surface area contributed by atoms with Crippen molar-refractivity contribution >= 4 is 13.8 Å². The van der Waals surface area contributed by atoms with Crippen molar-refractivity contribution in [1.82, 2.24) is 0 Å². The van der Waals surface area contributed by atoms with Gasteiger partial charge in [-0.25, -0.2) is 4.57 Å². The number of hydrogen-bond donors (Lipinski definition) is 1. The molecule has 9 heteroatoms. The summed E-state index contributed by atoms with van der Waals surface area (Å²) >= 11 is 0. The summed E-state index contributed by atoms with van der Waals surface area (Å²) in [5, 5.41) is 0. The van der Waals surface area contributed by atoms with Crippen LogP contribution in [0.5, 0.6) is 0 Å². The lowest BCUT2D eigenvalue weighted by Gasteiger charge is -2.24. The van der Waals surface area contributed by atoms with E-state index in [4.69, 9.17) is 18.5 Å². The predicted octanol–water partition coefficient (Wildman–Crippen LogP) is 10.5. The summed E-state index contributed by atoms with van der Waals surface area (Å²) in [5.74, 6) is -0.327. The number of phosphoric ester groups is 1. The first-order valence-electron chi connectivity index (χ1n) is 19.1. The van der Waals surface area contributed by atoms with Crippen LogP contribution in [0.2, 0.25) is 0 Å². The summed E-state index contributed by atoms with van der Waals surface area (Å²) in [6.45, 7) is 5.53. The first kappa shape index (κ1) is 46.0. The second-order valence-electron chi connectivity index (χ2n) is 13.9. The van der Waals surface area contributed by atoms with Gasteiger partial charge in [0.2, 0.25) is 0 Å². The number of carbonyl (C=O) groups excluding carboxylic acids is 1. The number of ether oxygens (including phenoxy) is 2. The minimum atomic E-state index is -4.27. The lowest BCUT2D eigenvalue weighted by Crippen LogP contribution is -2.37. The molecule has 0 aromatic heterocycles. The highest BCUT2D eigenvalue weighted by Crippen LogP contribution is 2.43. The quantitative estimate of drug-likeness (QED) is 0.0233. The Kier molecular flexibility index (Phi) is 31.5. The van der Waals surface area contributed by atoms with Crippen LogP contribution in [-0.4, -0.2) is 75.6 Å². The molecule has 2 unspecified atom stereocenters. The van der Waals surface area contributed by atoms with Gasteiger partial charge in [-0.2, -0.15) is 0 Å². The molecule has 0 aromatic rings. The van der Waals surface area contributed by atoms with Crippen LogP contribution in [0.4, 0.5) is 0 Å². The second kappa shape index (κ2) is 32.2. The molecule has 0 aliphatic carbocycles. The smallest absolute Gasteiger partial charge is 0.457 e. The number of quaternary nitrogens is 1. The third kappa shape index (κ3) is 36.1. The summed E-state index contributed by atoms with van der Waals surface area (Å²) in [6.07, 6.45) is 33.4. The van der Waals surface area contributed by atoms with Gasteiger partial charge in [0.15, 0.2) is 0 Å². The van der Waals surface area contributed by atoms with Gasteiger partial charge in [0, 0.05) is 13.0 Å². The Bertz CT molecular complexity index is 812. The fraction of sp³-hybridized carbons (Fsp3) is 0.868. The molecule has 0 radical (unpaired) electrons. The summed E-state index contributed by atoms with van der Waals surface area (Å²) in [5.41, 5.74) is 0. The SMILES string of the molecule is CCC/C=C\CCCCCCCCOCC(COP(=O)(O)OCC[N+](C)(C)C)OC(=O)CCCCCCC/C=C\CCCCCCC. The van der Waals surface area contributed by atoms with Gasteiger partial charge in [-0.1, -0.05) is 115 Å². The monoisotopic (exact) mass is 689 g/mol. The number of phosphoric acid groups is 1. The maximum atomic E-state index is 12.6. The van der Waals surface area contributed by atoms with Crippen molar-refractivity contribution < 1.29 is 37.3 Å². The van der Waals surface area contributed by atoms with Gasteiger partial charge in [0.25, 0.3) is 0 Å². The summed E-state index contributed by atoms with van der Waals surface area (Å²) in [4.78, 5) is 22.7. The number of likely N-dealkylation sites (N-methyl/N-ethyl adjacent to an activating group) is 1. The molecule has 8 nitrogen and oxygen atoms in total. The van der Waals surface area contributed by atoms with Gasteiger partial charge in [0.1, 0.15) is 19.3 Å². The fourth-order valence-electron chi connectivity index (χ4n) is 4.96. The van der Waals surface area contributed by atoms with Crippen molar-refractivity contribution in [2.24, 2.45) is 0 Å². The first-order chi connectivity index (χ1) is 22.6. The van der Waals surface area contributed by atoms with Crippen LogP contribution in [-0.2, 0) is 27.9 Å². The zero-order valence-electron chi connectivity index (χ0n) is 31.3. The second-order valence-corrected chi connectivity index (χ2v) is 15.4. The molecule has 0 aliphatic heterocycles. The molecule has 1 N–H and O–H groups in total. The first-order valence-corrected chi connectivity index (χ1v) is 20.6. The van der Waals surface area contributed by atoms with E-state index in [2.05, 4.69) is 38.2 Å². The largest absolute Gasteiger partial charge is 0.472 e. The minimum absolute atomic E-state index is 0.0865. The normalized spacial score (nSPS) is 14.3. The number of rotatable bonds is 35. The number of esters is 1. The lowest BCUT2D eigenvalue weighted by atomic mass is 10.1. The summed E-state index contributed by atoms with van der Waals surface area (Å²) in [7, 11) is 1.66. The molecule has 0 aromatic carbocycles. The van der Waals surface area contributed by atoms with Crippen molar-refractivity contribution in [3.05, 3.63) is 24.3 Å². The molecule has 47 heavy (non-hydrogen) atoms. The van der Waals surface area contributed by atoms with E-state index in [-0.39, 0.29) is 25.8 Å². The number of nitrogens with zero attached hydrogens (tertiary/aromatic N) is 1. The third-order valence-corrected chi connectivity index (χ3v) is 8.95. The van der Waals surface area contributed by atoms with E-state index in [1.165, 1.54) is 89.9 Å². The Morgan fingerprint density at radius 3 is 1.70 bits per heavy atom. The van der Waals surface area contributed by atoms with E-state index in [1.807, 2.05) is 21.1 Å². The molecule has 0 fully saturated rings. The molecule has 278 valence electrons. The zero-order chi connectivity index (χ0) is 34.9. The van der Waals surface area contributed by atoms with Gasteiger partial charge >= 0.3 is 13.8 Å². The molecule has 0 bridgehead atoms. The van der Waals surface area contributed by atoms with E-state index in [9.17, 15) is 14.3 Å². The molecular weight excluding hydrogens is 613 g/mol. The van der Waals surface area contributed by atoms with Crippen molar-refractivity contribution in [3.8, 4) is 0 Å². The maximum absolute atomic E-state index is 12.6. The fourth-order valence-corrected chi connectivity index (χ4v) is 5.70. The Morgan fingerprint density at radius 1 is 0.638 bits per heavy atom. The standard InChI is InChI=1S/C38H74NO7P/c1-6-8-10-12-14-16-18-19-20-21-23-25-27-29-31-38(40)46-37(36-45-47(41,42)44-34-32-39(3,4)5)35-43-33-30-28-26-24-22-17-15-13-11-9-7-2/h11,13,18-19,37H,6-10,12,14-17,20-36H2,1-5H3/p+1/b13-11-,19-18-. The molecule has 0 amide bonds. The van der Waals surface area contributed by atoms with Crippen LogP contribution < -0.4 is 0 Å². The van der Waals surface area contributed by atoms with Crippen LogP contribution >= 0.6 is 7.82 Å². The Balaban J connectivity index is 4.32. The molecular formula is C38H75NO7P+. The van der Waals surface area contributed by atoms with E-state index >= 15 is 0 Å². The number of hydrogen-bond acceptors (Lipinski definition) is 6. The van der Waals surface area contributed by atoms with Crippen LogP contribution in [0.25, 0.3) is 0 Å². The Hall–Kier alpha value is -1.02. The van der Waals surface area contributed by atoms with Crippen LogP contribution in [0.1, 0.15) is 155 Å². The van der Waals surface area contributed by atoms with Gasteiger partial charge < -0.3 is 18.9 Å².